The average Bonchev–Trinajstić information content (AvgIpc) is 2.28. The average molecular weight is 224 g/mol. The van der Waals surface area contributed by atoms with Gasteiger partial charge in [-0.15, -0.1) is 0 Å². The van der Waals surface area contributed by atoms with E-state index in [0.29, 0.717) is 0 Å². The van der Waals surface area contributed by atoms with Gasteiger partial charge in [-0.1, -0.05) is 0 Å². The van der Waals surface area contributed by atoms with E-state index in [1.165, 1.54) is 12.1 Å². The predicted molar refractivity (Wildman–Crippen MR) is 51.4 cm³/mol. The number of carbonyl (C=O) groups excluding carboxylic acids is 2. The van der Waals surface area contributed by atoms with Gasteiger partial charge < -0.3 is 14.6 Å². The minimum atomic E-state index is -1.31. The Morgan fingerprint density at radius 2 is 2.00 bits per heavy atom. The van der Waals surface area contributed by atoms with Crippen molar-refractivity contribution < 1.29 is 29.0 Å². The smallest absolute Gasteiger partial charge is 0.338 e. The molecule has 0 aliphatic heterocycles. The largest absolute Gasteiger partial charge is 0.478 e. The third-order valence-corrected chi connectivity index (χ3v) is 1.81. The lowest BCUT2D eigenvalue weighted by Gasteiger charge is -2.05. The highest BCUT2D eigenvalue weighted by Gasteiger charge is 2.17. The Labute approximate surface area is 90.4 Å². The highest BCUT2D eigenvalue weighted by molar-refractivity contribution is 6.02. The van der Waals surface area contributed by atoms with Gasteiger partial charge in [-0.25, -0.2) is 9.59 Å². The van der Waals surface area contributed by atoms with Crippen LogP contribution in [-0.4, -0.2) is 30.6 Å². The number of benzene rings is 1. The quantitative estimate of drug-likeness (QED) is 0.598. The summed E-state index contributed by atoms with van der Waals surface area (Å²) in [6, 6.07) is 3.59. The summed E-state index contributed by atoms with van der Waals surface area (Å²) in [6.45, 7) is 0.165. The molecule has 0 heterocycles. The maximum atomic E-state index is 11.2. The van der Waals surface area contributed by atoms with Gasteiger partial charge in [-0.2, -0.15) is 0 Å². The first-order valence-corrected chi connectivity index (χ1v) is 4.16. The molecule has 0 aliphatic carbocycles. The van der Waals surface area contributed by atoms with E-state index in [1.807, 2.05) is 0 Å². The second kappa shape index (κ2) is 4.92. The molecular formula is C10H8O6. The van der Waals surface area contributed by atoms with Crippen molar-refractivity contribution in [3.05, 3.63) is 29.3 Å². The third-order valence-electron chi connectivity index (χ3n) is 1.81. The molecule has 0 aliphatic rings. The molecular weight excluding hydrogens is 216 g/mol. The van der Waals surface area contributed by atoms with E-state index < -0.39 is 11.9 Å². The zero-order valence-electron chi connectivity index (χ0n) is 8.30. The molecule has 0 amide bonds. The first-order chi connectivity index (χ1) is 7.60. The Balaban J connectivity index is 3.24. The van der Waals surface area contributed by atoms with E-state index in [4.69, 9.17) is 5.11 Å². The molecule has 84 valence electrons. The number of rotatable bonds is 4. The molecule has 1 aromatic rings. The maximum absolute atomic E-state index is 11.2. The topological polar surface area (TPSA) is 89.9 Å². The summed E-state index contributed by atoms with van der Waals surface area (Å²) in [5, 5.41) is 8.85. The molecule has 0 radical (unpaired) electrons. The van der Waals surface area contributed by atoms with Crippen LogP contribution in [-0.2, 0) is 9.53 Å². The fraction of sp³-hybridized carbons (Fsp3) is 0.100. The predicted octanol–water partition coefficient (Wildman–Crippen LogP) is 0.707. The van der Waals surface area contributed by atoms with Crippen LogP contribution in [0, 0.1) is 0 Å². The van der Waals surface area contributed by atoms with Crippen LogP contribution in [0.25, 0.3) is 0 Å². The van der Waals surface area contributed by atoms with Crippen molar-refractivity contribution in [3.8, 4) is 5.75 Å². The zero-order valence-corrected chi connectivity index (χ0v) is 8.30. The zero-order chi connectivity index (χ0) is 12.1. The monoisotopic (exact) mass is 224 g/mol. The summed E-state index contributed by atoms with van der Waals surface area (Å²) in [7, 11) is 1.14. The van der Waals surface area contributed by atoms with Gasteiger partial charge in [-0.05, 0) is 18.2 Å². The normalized spacial score (nSPS) is 9.31. The Morgan fingerprint density at radius 1 is 1.31 bits per heavy atom. The number of carboxylic acids is 1. The summed E-state index contributed by atoms with van der Waals surface area (Å²) < 4.78 is 8.88. The van der Waals surface area contributed by atoms with E-state index in [1.54, 1.807) is 0 Å². The molecule has 0 spiro atoms. The van der Waals surface area contributed by atoms with Crippen LogP contribution in [0.3, 0.4) is 0 Å². The molecule has 0 saturated carbocycles. The SMILES string of the molecule is COC(=O)c1ccc(OC=O)cc1C(=O)O. The molecule has 0 aromatic heterocycles. The standard InChI is InChI=1S/C10H8O6/c1-15-10(14)7-3-2-6(16-5-11)4-8(7)9(12)13/h2-5H,1H3,(H,12,13). The highest BCUT2D eigenvalue weighted by atomic mass is 16.5. The number of ether oxygens (including phenoxy) is 2. The van der Waals surface area contributed by atoms with Crippen LogP contribution in [0.15, 0.2) is 18.2 Å². The van der Waals surface area contributed by atoms with Gasteiger partial charge in [0.1, 0.15) is 5.75 Å². The summed E-state index contributed by atoms with van der Waals surface area (Å²) in [5.41, 5.74) is -0.389. The minimum absolute atomic E-state index is 0.0417. The fourth-order valence-electron chi connectivity index (χ4n) is 1.12. The van der Waals surface area contributed by atoms with Gasteiger partial charge in [-0.3, -0.25) is 4.79 Å². The molecule has 1 rings (SSSR count). The van der Waals surface area contributed by atoms with E-state index in [0.717, 1.165) is 13.2 Å². The lowest BCUT2D eigenvalue weighted by molar-refractivity contribution is -0.120. The van der Waals surface area contributed by atoms with E-state index >= 15 is 0 Å². The molecule has 0 bridgehead atoms. The molecule has 0 saturated heterocycles. The Kier molecular flexibility index (Phi) is 3.60. The van der Waals surface area contributed by atoms with Crippen LogP contribution in [0.4, 0.5) is 0 Å². The third kappa shape index (κ3) is 2.35. The van der Waals surface area contributed by atoms with Crippen molar-refractivity contribution in [1.82, 2.24) is 0 Å². The van der Waals surface area contributed by atoms with Crippen LogP contribution < -0.4 is 4.74 Å². The van der Waals surface area contributed by atoms with Gasteiger partial charge in [0.25, 0.3) is 6.47 Å². The van der Waals surface area contributed by atoms with Crippen LogP contribution in [0.5, 0.6) is 5.75 Å². The number of carbonyl (C=O) groups is 3. The van der Waals surface area contributed by atoms with Crippen LogP contribution >= 0.6 is 0 Å². The number of methoxy groups -OCH3 is 1. The Hall–Kier alpha value is -2.37. The van der Waals surface area contributed by atoms with Crippen LogP contribution in [0.1, 0.15) is 20.7 Å². The fourth-order valence-corrected chi connectivity index (χ4v) is 1.12. The van der Waals surface area contributed by atoms with E-state index in [2.05, 4.69) is 9.47 Å². The van der Waals surface area contributed by atoms with Crippen molar-refractivity contribution in [1.29, 1.82) is 0 Å². The summed E-state index contributed by atoms with van der Waals surface area (Å²) in [5.74, 6) is -2.04. The number of hydrogen-bond acceptors (Lipinski definition) is 5. The minimum Gasteiger partial charge on any atom is -0.478 e. The number of aromatic carboxylic acids is 1. The van der Waals surface area contributed by atoms with E-state index in [-0.39, 0.29) is 23.3 Å². The lowest BCUT2D eigenvalue weighted by atomic mass is 10.1. The van der Waals surface area contributed by atoms with Gasteiger partial charge in [0.15, 0.2) is 0 Å². The highest BCUT2D eigenvalue weighted by Crippen LogP contribution is 2.18. The summed E-state index contributed by atoms with van der Waals surface area (Å²) in [4.78, 5) is 32.1. The summed E-state index contributed by atoms with van der Waals surface area (Å²) >= 11 is 0. The van der Waals surface area contributed by atoms with E-state index in [9.17, 15) is 14.4 Å². The molecule has 0 unspecified atom stereocenters. The molecule has 6 heteroatoms. The van der Waals surface area contributed by atoms with Crippen molar-refractivity contribution in [2.45, 2.75) is 0 Å². The molecule has 0 fully saturated rings. The van der Waals surface area contributed by atoms with Crippen molar-refractivity contribution in [2.75, 3.05) is 7.11 Å². The second-order valence-corrected chi connectivity index (χ2v) is 2.72. The molecule has 0 atom stereocenters. The molecule has 1 N–H and O–H groups in total. The van der Waals surface area contributed by atoms with Crippen molar-refractivity contribution in [2.24, 2.45) is 0 Å². The maximum Gasteiger partial charge on any atom is 0.338 e. The van der Waals surface area contributed by atoms with Gasteiger partial charge in [0.2, 0.25) is 0 Å². The second-order valence-electron chi connectivity index (χ2n) is 2.72. The lowest BCUT2D eigenvalue weighted by Crippen LogP contribution is -2.10. The number of esters is 1. The van der Waals surface area contributed by atoms with Gasteiger partial charge >= 0.3 is 11.9 Å². The first kappa shape index (κ1) is 11.7. The van der Waals surface area contributed by atoms with Crippen molar-refractivity contribution >= 4 is 18.4 Å². The van der Waals surface area contributed by atoms with Crippen LogP contribution in [0.2, 0.25) is 0 Å². The first-order valence-electron chi connectivity index (χ1n) is 4.16. The number of hydrogen-bond donors (Lipinski definition) is 1. The molecule has 6 nitrogen and oxygen atoms in total. The molecule has 16 heavy (non-hydrogen) atoms. The Morgan fingerprint density at radius 3 is 2.50 bits per heavy atom. The van der Waals surface area contributed by atoms with Gasteiger partial charge in [0, 0.05) is 0 Å². The summed E-state index contributed by atoms with van der Waals surface area (Å²) in [6.07, 6.45) is 0. The van der Waals surface area contributed by atoms with Crippen molar-refractivity contribution in [3.63, 3.8) is 0 Å². The Bertz CT molecular complexity index is 437. The molecule has 1 aromatic carbocycles. The van der Waals surface area contributed by atoms with Gasteiger partial charge in [0.05, 0.1) is 18.2 Å². The number of carboxylic acid groups (broad SMARTS) is 1.